The zero-order chi connectivity index (χ0) is 9.97. The van der Waals surface area contributed by atoms with Gasteiger partial charge in [0, 0.05) is 0 Å². The monoisotopic (exact) mass is 255 g/mol. The average molecular weight is 256 g/mol. The van der Waals surface area contributed by atoms with Crippen LogP contribution >= 0.6 is 15.9 Å². The fourth-order valence-electron chi connectivity index (χ4n) is 1.04. The van der Waals surface area contributed by atoms with Gasteiger partial charge in [0.1, 0.15) is 16.4 Å². The summed E-state index contributed by atoms with van der Waals surface area (Å²) in [5.41, 5.74) is 1.36. The van der Waals surface area contributed by atoms with Crippen LogP contribution in [0, 0.1) is 0 Å². The molecule has 0 fully saturated rings. The molecular weight excluding hydrogens is 250 g/mol. The molecular formula is C8H6BrN3O2. The topological polar surface area (TPSA) is 57.0 Å². The quantitative estimate of drug-likeness (QED) is 0.588. The Labute approximate surface area is 87.7 Å². The van der Waals surface area contributed by atoms with Crippen molar-refractivity contribution in [2.75, 3.05) is 5.33 Å². The Balaban J connectivity index is 2.38. The normalized spacial score (nSPS) is 10.4. The Morgan fingerprint density at radius 1 is 1.50 bits per heavy atom. The lowest BCUT2D eigenvalue weighted by Crippen LogP contribution is -2.21. The highest BCUT2D eigenvalue weighted by Crippen LogP contribution is 2.07. The van der Waals surface area contributed by atoms with Crippen LogP contribution in [0.3, 0.4) is 0 Å². The lowest BCUT2D eigenvalue weighted by atomic mass is 10.3. The predicted octanol–water partition coefficient (Wildman–Crippen LogP) is 0.781. The third-order valence-electron chi connectivity index (χ3n) is 1.62. The lowest BCUT2D eigenvalue weighted by Gasteiger charge is -1.99. The van der Waals surface area contributed by atoms with Gasteiger partial charge in [-0.2, -0.15) is 0 Å². The summed E-state index contributed by atoms with van der Waals surface area (Å²) in [6.45, 7) is 0. The van der Waals surface area contributed by atoms with Crippen molar-refractivity contribution in [1.82, 2.24) is 15.2 Å². The number of nitrogens with zero attached hydrogens (tertiary/aromatic N) is 3. The van der Waals surface area contributed by atoms with Crippen LogP contribution in [0.4, 0.5) is 0 Å². The van der Waals surface area contributed by atoms with Crippen molar-refractivity contribution in [1.29, 1.82) is 0 Å². The second kappa shape index (κ2) is 3.75. The number of para-hydroxylation sites is 1. The Morgan fingerprint density at radius 2 is 2.29 bits per heavy atom. The number of aromatic nitrogens is 3. The van der Waals surface area contributed by atoms with Crippen molar-refractivity contribution in [3.63, 3.8) is 0 Å². The van der Waals surface area contributed by atoms with E-state index in [2.05, 4.69) is 26.2 Å². The minimum absolute atomic E-state index is 0.126. The van der Waals surface area contributed by atoms with Crippen molar-refractivity contribution in [3.05, 3.63) is 24.3 Å². The first-order valence-electron chi connectivity index (χ1n) is 3.89. The molecule has 0 bridgehead atoms. The van der Waals surface area contributed by atoms with Crippen LogP contribution in [0.25, 0.3) is 11.0 Å². The summed E-state index contributed by atoms with van der Waals surface area (Å²) in [6, 6.07) is 7.23. The summed E-state index contributed by atoms with van der Waals surface area (Å²) < 4.78 is 0. The van der Waals surface area contributed by atoms with Crippen molar-refractivity contribution in [3.8, 4) is 0 Å². The number of rotatable bonds is 2. The Hall–Kier alpha value is -1.43. The van der Waals surface area contributed by atoms with Crippen LogP contribution in [0.1, 0.15) is 0 Å². The fraction of sp³-hybridized carbons (Fsp3) is 0.125. The van der Waals surface area contributed by atoms with Gasteiger partial charge in [-0.3, -0.25) is 0 Å². The number of carbonyl (C=O) groups is 1. The summed E-state index contributed by atoms with van der Waals surface area (Å²) >= 11 is 2.99. The number of halogens is 1. The maximum atomic E-state index is 11.0. The molecule has 0 aliphatic rings. The van der Waals surface area contributed by atoms with Crippen LogP contribution in [-0.4, -0.2) is 26.5 Å². The largest absolute Gasteiger partial charge is 0.345 e. The van der Waals surface area contributed by atoms with Gasteiger partial charge < -0.3 is 4.84 Å². The Kier molecular flexibility index (Phi) is 2.45. The van der Waals surface area contributed by atoms with Crippen molar-refractivity contribution < 1.29 is 9.63 Å². The van der Waals surface area contributed by atoms with Crippen LogP contribution in [0.2, 0.25) is 0 Å². The van der Waals surface area contributed by atoms with Crippen molar-refractivity contribution in [2.45, 2.75) is 0 Å². The third-order valence-corrected chi connectivity index (χ3v) is 2.08. The highest BCUT2D eigenvalue weighted by molar-refractivity contribution is 9.09. The van der Waals surface area contributed by atoms with Gasteiger partial charge in [-0.05, 0) is 17.3 Å². The van der Waals surface area contributed by atoms with Crippen molar-refractivity contribution in [2.24, 2.45) is 0 Å². The SMILES string of the molecule is O=C(CBr)On1nnc2ccccc21. The first kappa shape index (κ1) is 9.14. The Bertz CT molecular complexity index is 468. The highest BCUT2D eigenvalue weighted by Gasteiger charge is 2.07. The first-order valence-corrected chi connectivity index (χ1v) is 5.01. The molecule has 0 spiro atoms. The predicted molar refractivity (Wildman–Crippen MR) is 52.9 cm³/mol. The number of benzene rings is 1. The maximum Gasteiger partial charge on any atom is 0.345 e. The molecule has 1 aromatic carbocycles. The van der Waals surface area contributed by atoms with E-state index in [9.17, 15) is 4.79 Å². The van der Waals surface area contributed by atoms with Gasteiger partial charge >= 0.3 is 5.97 Å². The molecule has 0 N–H and O–H groups in total. The van der Waals surface area contributed by atoms with Gasteiger partial charge in [0.25, 0.3) is 0 Å². The van der Waals surface area contributed by atoms with Crippen LogP contribution < -0.4 is 4.84 Å². The molecule has 2 rings (SSSR count). The number of hydrogen-bond acceptors (Lipinski definition) is 4. The molecule has 0 atom stereocenters. The standard InChI is InChI=1S/C8H6BrN3O2/c9-5-8(13)14-12-7-4-2-1-3-6(7)10-11-12/h1-4H,5H2. The number of carbonyl (C=O) groups excluding carboxylic acids is 1. The molecule has 0 aliphatic heterocycles. The smallest absolute Gasteiger partial charge is 0.316 e. The van der Waals surface area contributed by atoms with E-state index in [4.69, 9.17) is 4.84 Å². The highest BCUT2D eigenvalue weighted by atomic mass is 79.9. The third kappa shape index (κ3) is 1.60. The molecule has 1 aromatic heterocycles. The second-order valence-electron chi connectivity index (χ2n) is 2.55. The van der Waals surface area contributed by atoms with E-state index < -0.39 is 5.97 Å². The molecule has 6 heteroatoms. The average Bonchev–Trinajstić information content (AvgIpc) is 2.62. The maximum absolute atomic E-state index is 11.0. The zero-order valence-corrected chi connectivity index (χ0v) is 8.64. The summed E-state index contributed by atoms with van der Waals surface area (Å²) in [4.78, 5) is 16.9. The first-order chi connectivity index (χ1) is 6.81. The van der Waals surface area contributed by atoms with E-state index in [0.29, 0.717) is 11.0 Å². The van der Waals surface area contributed by atoms with E-state index in [1.807, 2.05) is 12.1 Å². The molecule has 0 amide bonds. The summed E-state index contributed by atoms with van der Waals surface area (Å²) in [5, 5.41) is 7.64. The van der Waals surface area contributed by atoms with E-state index in [-0.39, 0.29) is 5.33 Å². The van der Waals surface area contributed by atoms with Gasteiger partial charge in [-0.25, -0.2) is 4.79 Å². The second-order valence-corrected chi connectivity index (χ2v) is 3.11. The summed E-state index contributed by atoms with van der Waals surface area (Å²) in [5.74, 6) is -0.416. The molecule has 0 radical (unpaired) electrons. The van der Waals surface area contributed by atoms with Gasteiger partial charge in [0.2, 0.25) is 0 Å². The molecule has 0 saturated heterocycles. The summed E-state index contributed by atoms with van der Waals surface area (Å²) in [6.07, 6.45) is 0. The molecule has 72 valence electrons. The number of hydrogen-bond donors (Lipinski definition) is 0. The van der Waals surface area contributed by atoms with E-state index in [1.54, 1.807) is 12.1 Å². The number of alkyl halides is 1. The minimum Gasteiger partial charge on any atom is -0.316 e. The minimum atomic E-state index is -0.416. The van der Waals surface area contributed by atoms with E-state index in [0.717, 1.165) is 4.85 Å². The molecule has 1 heterocycles. The molecule has 14 heavy (non-hydrogen) atoms. The molecule has 5 nitrogen and oxygen atoms in total. The van der Waals surface area contributed by atoms with Gasteiger partial charge in [-0.15, -0.1) is 5.10 Å². The number of fused-ring (bicyclic) bond motifs is 1. The van der Waals surface area contributed by atoms with Crippen LogP contribution in [-0.2, 0) is 4.79 Å². The van der Waals surface area contributed by atoms with Crippen LogP contribution in [0.15, 0.2) is 24.3 Å². The van der Waals surface area contributed by atoms with Crippen LogP contribution in [0.5, 0.6) is 0 Å². The van der Waals surface area contributed by atoms with Gasteiger partial charge in [-0.1, -0.05) is 32.9 Å². The van der Waals surface area contributed by atoms with Crippen molar-refractivity contribution >= 4 is 32.9 Å². The molecule has 0 aliphatic carbocycles. The van der Waals surface area contributed by atoms with E-state index in [1.165, 1.54) is 0 Å². The lowest BCUT2D eigenvalue weighted by molar-refractivity contribution is -0.142. The molecule has 0 unspecified atom stereocenters. The van der Waals surface area contributed by atoms with Gasteiger partial charge in [0.15, 0.2) is 0 Å². The fourth-order valence-corrected chi connectivity index (χ4v) is 1.14. The Morgan fingerprint density at radius 3 is 3.07 bits per heavy atom. The summed E-state index contributed by atoms with van der Waals surface area (Å²) in [7, 11) is 0. The van der Waals surface area contributed by atoms with E-state index >= 15 is 0 Å². The zero-order valence-electron chi connectivity index (χ0n) is 7.05. The van der Waals surface area contributed by atoms with Gasteiger partial charge in [0.05, 0.1) is 0 Å². The molecule has 0 saturated carbocycles. The molecule has 2 aromatic rings.